The van der Waals surface area contributed by atoms with Crippen LogP contribution in [-0.2, 0) is 14.8 Å². The summed E-state index contributed by atoms with van der Waals surface area (Å²) in [5.41, 5.74) is 0.367. The third-order valence-electron chi connectivity index (χ3n) is 4.24. The van der Waals surface area contributed by atoms with Gasteiger partial charge in [-0.1, -0.05) is 13.8 Å². The molecule has 0 spiro atoms. The Hall–Kier alpha value is -1.96. The Morgan fingerprint density at radius 2 is 1.72 bits per heavy atom. The van der Waals surface area contributed by atoms with Gasteiger partial charge < -0.3 is 14.8 Å². The Morgan fingerprint density at radius 1 is 1.12 bits per heavy atom. The number of carbonyl (C=O) groups is 1. The zero-order valence-corrected chi connectivity index (χ0v) is 16.1. The zero-order valence-electron chi connectivity index (χ0n) is 15.3. The van der Waals surface area contributed by atoms with Gasteiger partial charge in [-0.05, 0) is 31.9 Å². The van der Waals surface area contributed by atoms with E-state index in [4.69, 9.17) is 9.47 Å². The molecule has 1 heterocycles. The Bertz CT molecular complexity index is 733. The minimum Gasteiger partial charge on any atom is -0.486 e. The van der Waals surface area contributed by atoms with Crippen molar-refractivity contribution in [2.24, 2.45) is 5.92 Å². The van der Waals surface area contributed by atoms with Crippen molar-refractivity contribution in [2.45, 2.75) is 39.8 Å². The van der Waals surface area contributed by atoms with Gasteiger partial charge in [0, 0.05) is 12.1 Å². The maximum atomic E-state index is 12.5. The normalized spacial score (nSPS) is 16.2. The summed E-state index contributed by atoms with van der Waals surface area (Å²) in [5, 5.41) is 2.86. The average Bonchev–Trinajstić information content (AvgIpc) is 2.53. The quantitative estimate of drug-likeness (QED) is 0.825. The second kappa shape index (κ2) is 7.51. The summed E-state index contributed by atoms with van der Waals surface area (Å²) >= 11 is 0. The molecule has 2 atom stereocenters. The van der Waals surface area contributed by atoms with Crippen LogP contribution in [-0.4, -0.2) is 45.9 Å². The van der Waals surface area contributed by atoms with Gasteiger partial charge in [0.05, 0.1) is 11.9 Å². The minimum absolute atomic E-state index is 0.0587. The molecule has 1 N–H and O–H groups in total. The molecule has 0 fully saturated rings. The molecule has 0 bridgehead atoms. The van der Waals surface area contributed by atoms with Gasteiger partial charge in [-0.15, -0.1) is 0 Å². The van der Waals surface area contributed by atoms with Crippen LogP contribution >= 0.6 is 0 Å². The van der Waals surface area contributed by atoms with E-state index in [2.05, 4.69) is 5.32 Å². The Morgan fingerprint density at radius 3 is 2.28 bits per heavy atom. The Kier molecular flexibility index (Phi) is 5.82. The van der Waals surface area contributed by atoms with Crippen molar-refractivity contribution < 1.29 is 22.7 Å². The smallest absolute Gasteiger partial charge is 0.243 e. The molecule has 140 valence electrons. The fourth-order valence-corrected chi connectivity index (χ4v) is 3.66. The van der Waals surface area contributed by atoms with Gasteiger partial charge in [-0.2, -0.15) is 0 Å². The van der Waals surface area contributed by atoms with Crippen molar-refractivity contribution in [3.63, 3.8) is 0 Å². The van der Waals surface area contributed by atoms with E-state index in [-0.39, 0.29) is 17.9 Å². The van der Waals surface area contributed by atoms with Crippen LogP contribution in [0.5, 0.6) is 11.5 Å². The summed E-state index contributed by atoms with van der Waals surface area (Å²) in [7, 11) is -3.67. The highest BCUT2D eigenvalue weighted by Crippen LogP contribution is 2.35. The molecule has 1 aliphatic rings. The van der Waals surface area contributed by atoms with Crippen molar-refractivity contribution in [1.29, 1.82) is 0 Å². The minimum atomic E-state index is -3.67. The predicted octanol–water partition coefficient (Wildman–Crippen LogP) is 1.77. The number of nitrogens with zero attached hydrogens (tertiary/aromatic N) is 1. The lowest BCUT2D eigenvalue weighted by atomic mass is 10.1. The van der Waals surface area contributed by atoms with E-state index in [1.165, 1.54) is 0 Å². The number of fused-ring (bicyclic) bond motifs is 1. The van der Waals surface area contributed by atoms with Crippen LogP contribution < -0.4 is 19.1 Å². The molecule has 0 unspecified atom stereocenters. The number of sulfonamides is 1. The first-order valence-electron chi connectivity index (χ1n) is 8.30. The maximum absolute atomic E-state index is 12.5. The molecule has 0 radical (unpaired) electrons. The molecule has 1 aromatic carbocycles. The third-order valence-corrected chi connectivity index (χ3v) is 5.48. The highest BCUT2D eigenvalue weighted by Gasteiger charge is 2.31. The highest BCUT2D eigenvalue weighted by atomic mass is 32.2. The molecule has 1 aliphatic heterocycles. The van der Waals surface area contributed by atoms with Gasteiger partial charge >= 0.3 is 0 Å². The summed E-state index contributed by atoms with van der Waals surface area (Å²) in [5.74, 6) is 0.938. The van der Waals surface area contributed by atoms with E-state index < -0.39 is 16.1 Å². The van der Waals surface area contributed by atoms with Crippen LogP contribution in [0.3, 0.4) is 0 Å². The Labute approximate surface area is 149 Å². The number of nitrogens with one attached hydrogen (secondary N) is 1. The molecule has 7 nitrogen and oxygen atoms in total. The SMILES string of the molecule is CC(C)[C@H](C)NC(=O)[C@H](C)N(c1ccc2c(c1)OCCO2)S(C)(=O)=O. The second-order valence-corrected chi connectivity index (χ2v) is 8.46. The standard InChI is InChI=1S/C17H26N2O5S/c1-11(2)12(3)18-17(20)13(4)19(25(5,21)22)14-6-7-15-16(10-14)24-9-8-23-15/h6-7,10-13H,8-9H2,1-5H3,(H,18,20)/t12-,13-/m0/s1. The predicted molar refractivity (Wildman–Crippen MR) is 96.7 cm³/mol. The number of benzene rings is 1. The van der Waals surface area contributed by atoms with Gasteiger partial charge in [-0.3, -0.25) is 9.10 Å². The molecule has 1 aromatic rings. The molecule has 0 saturated heterocycles. The Balaban J connectivity index is 2.32. The van der Waals surface area contributed by atoms with Crippen LogP contribution in [0.1, 0.15) is 27.7 Å². The van der Waals surface area contributed by atoms with Gasteiger partial charge in [0.15, 0.2) is 11.5 Å². The first kappa shape index (κ1) is 19.4. The zero-order chi connectivity index (χ0) is 18.8. The van der Waals surface area contributed by atoms with E-state index in [1.807, 2.05) is 20.8 Å². The van der Waals surface area contributed by atoms with E-state index in [1.54, 1.807) is 25.1 Å². The lowest BCUT2D eigenvalue weighted by molar-refractivity contribution is -0.122. The summed E-state index contributed by atoms with van der Waals surface area (Å²) < 4.78 is 36.8. The van der Waals surface area contributed by atoms with Gasteiger partial charge in [0.1, 0.15) is 19.3 Å². The largest absolute Gasteiger partial charge is 0.486 e. The molecular weight excluding hydrogens is 344 g/mol. The lowest BCUT2D eigenvalue weighted by Crippen LogP contribution is -2.50. The van der Waals surface area contributed by atoms with Crippen LogP contribution in [0.15, 0.2) is 18.2 Å². The van der Waals surface area contributed by atoms with Crippen LogP contribution in [0.4, 0.5) is 5.69 Å². The van der Waals surface area contributed by atoms with Crippen molar-refractivity contribution in [2.75, 3.05) is 23.8 Å². The van der Waals surface area contributed by atoms with Crippen molar-refractivity contribution in [3.8, 4) is 11.5 Å². The lowest BCUT2D eigenvalue weighted by Gasteiger charge is -2.30. The molecule has 0 saturated carbocycles. The monoisotopic (exact) mass is 370 g/mol. The highest BCUT2D eigenvalue weighted by molar-refractivity contribution is 7.92. The number of hydrogen-bond donors (Lipinski definition) is 1. The van der Waals surface area contributed by atoms with Crippen LogP contribution in [0, 0.1) is 5.92 Å². The maximum Gasteiger partial charge on any atom is 0.243 e. The van der Waals surface area contributed by atoms with Crippen molar-refractivity contribution in [1.82, 2.24) is 5.32 Å². The fraction of sp³-hybridized carbons (Fsp3) is 0.588. The second-order valence-electron chi connectivity index (χ2n) is 6.60. The van der Waals surface area contributed by atoms with E-state index in [9.17, 15) is 13.2 Å². The molecule has 0 aromatic heterocycles. The third kappa shape index (κ3) is 4.56. The molecule has 0 aliphatic carbocycles. The molecule has 25 heavy (non-hydrogen) atoms. The van der Waals surface area contributed by atoms with Gasteiger partial charge in [0.2, 0.25) is 15.9 Å². The van der Waals surface area contributed by atoms with E-state index in [0.29, 0.717) is 30.4 Å². The molecule has 2 rings (SSSR count). The number of rotatable bonds is 6. The molecule has 8 heteroatoms. The topological polar surface area (TPSA) is 84.9 Å². The van der Waals surface area contributed by atoms with Gasteiger partial charge in [0.25, 0.3) is 0 Å². The fourth-order valence-electron chi connectivity index (χ4n) is 2.49. The van der Waals surface area contributed by atoms with Crippen molar-refractivity contribution in [3.05, 3.63) is 18.2 Å². The molecular formula is C17H26N2O5S. The number of hydrogen-bond acceptors (Lipinski definition) is 5. The number of carbonyl (C=O) groups excluding carboxylic acids is 1. The number of anilines is 1. The first-order chi connectivity index (χ1) is 11.6. The van der Waals surface area contributed by atoms with Crippen LogP contribution in [0.25, 0.3) is 0 Å². The number of ether oxygens (including phenoxy) is 2. The van der Waals surface area contributed by atoms with E-state index >= 15 is 0 Å². The van der Waals surface area contributed by atoms with E-state index in [0.717, 1.165) is 10.6 Å². The molecule has 1 amide bonds. The van der Waals surface area contributed by atoms with Gasteiger partial charge in [-0.25, -0.2) is 8.42 Å². The van der Waals surface area contributed by atoms with Crippen molar-refractivity contribution >= 4 is 21.6 Å². The first-order valence-corrected chi connectivity index (χ1v) is 10.2. The summed E-state index contributed by atoms with van der Waals surface area (Å²) in [4.78, 5) is 12.5. The summed E-state index contributed by atoms with van der Waals surface area (Å²) in [6.45, 7) is 8.30. The summed E-state index contributed by atoms with van der Waals surface area (Å²) in [6.07, 6.45) is 1.08. The number of amides is 1. The van der Waals surface area contributed by atoms with Crippen LogP contribution in [0.2, 0.25) is 0 Å². The summed E-state index contributed by atoms with van der Waals surface area (Å²) in [6, 6.07) is 3.91. The average molecular weight is 370 g/mol.